The van der Waals surface area contributed by atoms with Gasteiger partial charge < -0.3 is 0 Å². The third-order valence-electron chi connectivity index (χ3n) is 3.79. The van der Waals surface area contributed by atoms with E-state index in [4.69, 9.17) is 11.6 Å². The highest BCUT2D eigenvalue weighted by atomic mass is 35.5. The maximum atomic E-state index is 13.1. The van der Waals surface area contributed by atoms with Crippen molar-refractivity contribution in [2.24, 2.45) is 0 Å². The van der Waals surface area contributed by atoms with Crippen molar-refractivity contribution >= 4 is 11.6 Å². The van der Waals surface area contributed by atoms with Crippen LogP contribution in [-0.2, 0) is 5.54 Å². The third kappa shape index (κ3) is 3.26. The van der Waals surface area contributed by atoms with Crippen LogP contribution in [0, 0.1) is 17.1 Å². The van der Waals surface area contributed by atoms with Crippen LogP contribution in [0.2, 0.25) is 5.02 Å². The van der Waals surface area contributed by atoms with E-state index in [-0.39, 0.29) is 5.82 Å². The Hall–Kier alpha value is -1.11. The van der Waals surface area contributed by atoms with Crippen LogP contribution >= 0.6 is 11.6 Å². The molecule has 0 amide bonds. The van der Waals surface area contributed by atoms with Crippen LogP contribution in [0.15, 0.2) is 18.2 Å². The van der Waals surface area contributed by atoms with Gasteiger partial charge in [0.05, 0.1) is 6.07 Å². The Morgan fingerprint density at radius 2 is 2.05 bits per heavy atom. The lowest BCUT2D eigenvalue weighted by Crippen LogP contribution is -2.45. The molecule has 1 saturated carbocycles. The molecule has 2 rings (SSSR count). The van der Waals surface area contributed by atoms with E-state index < -0.39 is 5.54 Å². The molecule has 1 aromatic carbocycles. The van der Waals surface area contributed by atoms with Gasteiger partial charge in [-0.2, -0.15) is 5.26 Å². The fourth-order valence-electron chi connectivity index (χ4n) is 2.72. The predicted molar refractivity (Wildman–Crippen MR) is 74.4 cm³/mol. The highest BCUT2D eigenvalue weighted by Crippen LogP contribution is 2.30. The Morgan fingerprint density at radius 1 is 1.37 bits per heavy atom. The van der Waals surface area contributed by atoms with Crippen molar-refractivity contribution in [2.45, 2.75) is 50.6 Å². The number of hydrogen-bond donors (Lipinski definition) is 1. The molecule has 0 bridgehead atoms. The molecule has 2 nitrogen and oxygen atoms in total. The standard InChI is InChI=1S/C15H18ClFN2/c1-15(10-18,19-12-5-3-2-4-6-12)13-8-7-11(17)9-14(13)16/h7-9,12,19H,2-6H2,1H3. The van der Waals surface area contributed by atoms with E-state index in [0.717, 1.165) is 12.8 Å². The van der Waals surface area contributed by atoms with Crippen molar-refractivity contribution in [1.82, 2.24) is 5.32 Å². The molecule has 1 atom stereocenters. The second kappa shape index (κ2) is 5.90. The second-order valence-corrected chi connectivity index (χ2v) is 5.75. The van der Waals surface area contributed by atoms with E-state index >= 15 is 0 Å². The molecule has 0 heterocycles. The van der Waals surface area contributed by atoms with Crippen molar-refractivity contribution in [2.75, 3.05) is 0 Å². The van der Waals surface area contributed by atoms with Crippen LogP contribution in [-0.4, -0.2) is 6.04 Å². The van der Waals surface area contributed by atoms with Crippen molar-refractivity contribution in [3.63, 3.8) is 0 Å². The summed E-state index contributed by atoms with van der Waals surface area (Å²) >= 11 is 6.08. The Morgan fingerprint density at radius 3 is 2.63 bits per heavy atom. The summed E-state index contributed by atoms with van der Waals surface area (Å²) in [6, 6.07) is 6.82. The van der Waals surface area contributed by atoms with E-state index in [2.05, 4.69) is 11.4 Å². The first-order chi connectivity index (χ1) is 9.05. The number of halogens is 2. The van der Waals surface area contributed by atoms with Gasteiger partial charge in [-0.1, -0.05) is 36.9 Å². The minimum Gasteiger partial charge on any atom is -0.293 e. The smallest absolute Gasteiger partial charge is 0.131 e. The van der Waals surface area contributed by atoms with Gasteiger partial charge >= 0.3 is 0 Å². The monoisotopic (exact) mass is 280 g/mol. The van der Waals surface area contributed by atoms with Crippen molar-refractivity contribution in [1.29, 1.82) is 5.26 Å². The molecule has 4 heteroatoms. The van der Waals surface area contributed by atoms with E-state index in [9.17, 15) is 9.65 Å². The average Bonchev–Trinajstić information content (AvgIpc) is 2.39. The van der Waals surface area contributed by atoms with Gasteiger partial charge in [0.15, 0.2) is 0 Å². The van der Waals surface area contributed by atoms with Crippen LogP contribution in [0.5, 0.6) is 0 Å². The van der Waals surface area contributed by atoms with Gasteiger partial charge in [-0.25, -0.2) is 4.39 Å². The molecule has 1 unspecified atom stereocenters. The lowest BCUT2D eigenvalue weighted by molar-refractivity contribution is 0.310. The highest BCUT2D eigenvalue weighted by Gasteiger charge is 2.31. The molecule has 0 aromatic heterocycles. The van der Waals surface area contributed by atoms with Gasteiger partial charge in [0.25, 0.3) is 0 Å². The molecule has 0 spiro atoms. The summed E-state index contributed by atoms with van der Waals surface area (Å²) in [5.74, 6) is -0.383. The van der Waals surface area contributed by atoms with Crippen LogP contribution in [0.4, 0.5) is 4.39 Å². The predicted octanol–water partition coefficient (Wildman–Crippen LogP) is 4.14. The van der Waals surface area contributed by atoms with Crippen molar-refractivity contribution < 1.29 is 4.39 Å². The van der Waals surface area contributed by atoms with Gasteiger partial charge in [-0.3, -0.25) is 5.32 Å². The van der Waals surface area contributed by atoms with Crippen LogP contribution < -0.4 is 5.32 Å². The average molecular weight is 281 g/mol. The molecule has 102 valence electrons. The maximum Gasteiger partial charge on any atom is 0.131 e. The Kier molecular flexibility index (Phi) is 4.44. The highest BCUT2D eigenvalue weighted by molar-refractivity contribution is 6.31. The summed E-state index contributed by atoms with van der Waals surface area (Å²) in [7, 11) is 0. The van der Waals surface area contributed by atoms with Crippen molar-refractivity contribution in [3.8, 4) is 6.07 Å². The topological polar surface area (TPSA) is 35.8 Å². The van der Waals surface area contributed by atoms with Gasteiger partial charge in [-0.15, -0.1) is 0 Å². The number of hydrogen-bond acceptors (Lipinski definition) is 2. The number of nitriles is 1. The number of rotatable bonds is 3. The summed E-state index contributed by atoms with van der Waals surface area (Å²) in [4.78, 5) is 0. The molecule has 1 aliphatic carbocycles. The molecule has 1 aromatic rings. The van der Waals surface area contributed by atoms with E-state index in [1.807, 2.05) is 0 Å². The fourth-order valence-corrected chi connectivity index (χ4v) is 3.08. The number of benzene rings is 1. The molecule has 1 fully saturated rings. The molecule has 19 heavy (non-hydrogen) atoms. The summed E-state index contributed by atoms with van der Waals surface area (Å²) in [6.45, 7) is 1.81. The van der Waals surface area contributed by atoms with Crippen LogP contribution in [0.3, 0.4) is 0 Å². The SMILES string of the molecule is CC(C#N)(NC1CCCCC1)c1ccc(F)cc1Cl. The largest absolute Gasteiger partial charge is 0.293 e. The van der Waals surface area contributed by atoms with Crippen LogP contribution in [0.25, 0.3) is 0 Å². The van der Waals surface area contributed by atoms with Gasteiger partial charge in [0, 0.05) is 16.6 Å². The lowest BCUT2D eigenvalue weighted by atomic mass is 9.88. The van der Waals surface area contributed by atoms with E-state index in [1.54, 1.807) is 13.0 Å². The molecule has 0 radical (unpaired) electrons. The first-order valence-electron chi connectivity index (χ1n) is 6.69. The zero-order valence-corrected chi connectivity index (χ0v) is 11.8. The lowest BCUT2D eigenvalue weighted by Gasteiger charge is -2.32. The summed E-state index contributed by atoms with van der Waals surface area (Å²) in [5.41, 5.74) is -0.226. The Bertz CT molecular complexity index is 491. The number of nitrogens with one attached hydrogen (secondary N) is 1. The number of nitrogens with zero attached hydrogens (tertiary/aromatic N) is 1. The van der Waals surface area contributed by atoms with Gasteiger partial charge in [0.1, 0.15) is 11.4 Å². The summed E-state index contributed by atoms with van der Waals surface area (Å²) < 4.78 is 13.1. The summed E-state index contributed by atoms with van der Waals surface area (Å²) in [6.07, 6.45) is 5.80. The molecule has 0 aliphatic heterocycles. The third-order valence-corrected chi connectivity index (χ3v) is 4.10. The Labute approximate surface area is 118 Å². The van der Waals surface area contributed by atoms with E-state index in [0.29, 0.717) is 16.6 Å². The molecule has 0 saturated heterocycles. The van der Waals surface area contributed by atoms with Gasteiger partial charge in [-0.05, 0) is 31.9 Å². The first-order valence-corrected chi connectivity index (χ1v) is 7.07. The fraction of sp³-hybridized carbons (Fsp3) is 0.533. The molecular formula is C15H18ClFN2. The second-order valence-electron chi connectivity index (χ2n) is 5.34. The normalized spacial score (nSPS) is 19.7. The first kappa shape index (κ1) is 14.3. The van der Waals surface area contributed by atoms with E-state index in [1.165, 1.54) is 31.4 Å². The summed E-state index contributed by atoms with van der Waals surface area (Å²) in [5, 5.41) is 13.2. The minimum absolute atomic E-state index is 0.298. The molecule has 1 aliphatic rings. The zero-order chi connectivity index (χ0) is 13.9. The Balaban J connectivity index is 2.23. The minimum atomic E-state index is -0.868. The van der Waals surface area contributed by atoms with Crippen LogP contribution in [0.1, 0.15) is 44.6 Å². The van der Waals surface area contributed by atoms with Gasteiger partial charge in [0.2, 0.25) is 0 Å². The zero-order valence-electron chi connectivity index (χ0n) is 11.0. The van der Waals surface area contributed by atoms with Crippen molar-refractivity contribution in [3.05, 3.63) is 34.6 Å². The quantitative estimate of drug-likeness (QED) is 0.903. The maximum absolute atomic E-state index is 13.1. The molecular weight excluding hydrogens is 263 g/mol. The molecule has 1 N–H and O–H groups in total.